The first kappa shape index (κ1) is 34.5. The van der Waals surface area contributed by atoms with E-state index in [1.807, 2.05) is 61.5 Å². The minimum atomic E-state index is -4.23. The summed E-state index contributed by atoms with van der Waals surface area (Å²) in [6, 6.07) is 28.8. The molecule has 10 heteroatoms. The number of nitrogens with one attached hydrogen (secondary N) is 1. The van der Waals surface area contributed by atoms with Crippen LogP contribution in [0.4, 0.5) is 5.69 Å². The van der Waals surface area contributed by atoms with Crippen molar-refractivity contribution in [2.75, 3.05) is 10.8 Å². The maximum atomic E-state index is 14.6. The van der Waals surface area contributed by atoms with E-state index < -0.39 is 28.5 Å². The molecule has 0 unspecified atom stereocenters. The summed E-state index contributed by atoms with van der Waals surface area (Å²) in [7, 11) is -4.23. The van der Waals surface area contributed by atoms with Gasteiger partial charge in [-0.15, -0.1) is 0 Å². The molecule has 1 N–H and O–H groups in total. The molecule has 1 fully saturated rings. The summed E-state index contributed by atoms with van der Waals surface area (Å²) in [4.78, 5) is 30.4. The first-order valence-corrected chi connectivity index (χ1v) is 18.0. The number of hydrogen-bond donors (Lipinski definition) is 1. The molecular weight excluding hydrogens is 653 g/mol. The molecule has 5 rings (SSSR count). The van der Waals surface area contributed by atoms with Gasteiger partial charge in [-0.25, -0.2) is 8.42 Å². The van der Waals surface area contributed by atoms with Crippen molar-refractivity contribution >= 4 is 50.7 Å². The minimum absolute atomic E-state index is 0.0137. The smallest absolute Gasteiger partial charge is 0.264 e. The number of halogens is 2. The third-order valence-electron chi connectivity index (χ3n) is 8.50. The highest BCUT2D eigenvalue weighted by atomic mass is 35.5. The van der Waals surface area contributed by atoms with Crippen molar-refractivity contribution in [3.05, 3.63) is 130 Å². The lowest BCUT2D eigenvalue weighted by Crippen LogP contribution is -2.55. The molecule has 0 aliphatic heterocycles. The Morgan fingerprint density at radius 2 is 1.45 bits per heavy atom. The quantitative estimate of drug-likeness (QED) is 0.166. The van der Waals surface area contributed by atoms with E-state index in [-0.39, 0.29) is 45.5 Å². The van der Waals surface area contributed by atoms with Crippen LogP contribution in [0.5, 0.6) is 0 Å². The molecule has 4 aromatic carbocycles. The lowest BCUT2D eigenvalue weighted by Gasteiger charge is -2.35. The zero-order chi connectivity index (χ0) is 33.4. The molecule has 0 aromatic heterocycles. The molecule has 1 aliphatic rings. The van der Waals surface area contributed by atoms with Crippen molar-refractivity contribution in [3.63, 3.8) is 0 Å². The van der Waals surface area contributed by atoms with Crippen LogP contribution in [-0.2, 0) is 32.6 Å². The molecule has 4 aromatic rings. The van der Waals surface area contributed by atoms with Crippen LogP contribution in [0.15, 0.2) is 108 Å². The van der Waals surface area contributed by atoms with Gasteiger partial charge in [-0.2, -0.15) is 0 Å². The van der Waals surface area contributed by atoms with Gasteiger partial charge in [0.25, 0.3) is 10.0 Å². The van der Waals surface area contributed by atoms with Crippen molar-refractivity contribution in [3.8, 4) is 0 Å². The molecule has 1 aliphatic carbocycles. The Kier molecular flexibility index (Phi) is 11.6. The largest absolute Gasteiger partial charge is 0.352 e. The molecule has 2 amide bonds. The van der Waals surface area contributed by atoms with Crippen LogP contribution in [0.25, 0.3) is 0 Å². The second kappa shape index (κ2) is 15.8. The molecule has 0 saturated heterocycles. The van der Waals surface area contributed by atoms with E-state index in [9.17, 15) is 18.0 Å². The Hall–Kier alpha value is -3.85. The Morgan fingerprint density at radius 1 is 0.809 bits per heavy atom. The van der Waals surface area contributed by atoms with E-state index >= 15 is 0 Å². The SMILES string of the molecule is Cc1ccc(CN(C(=O)CN(c2ccc(Cl)c(Cl)c2)S(=O)(=O)c2ccccc2)[C@@H](Cc2ccccc2)C(=O)NC2CCCCC2)cc1. The van der Waals surface area contributed by atoms with Crippen LogP contribution in [0.3, 0.4) is 0 Å². The second-order valence-corrected chi connectivity index (χ2v) is 14.7. The zero-order valence-corrected chi connectivity index (χ0v) is 28.6. The van der Waals surface area contributed by atoms with Crippen LogP contribution in [-0.4, -0.2) is 43.8 Å². The molecule has 47 heavy (non-hydrogen) atoms. The molecule has 0 spiro atoms. The third kappa shape index (κ3) is 8.95. The predicted octanol–water partition coefficient (Wildman–Crippen LogP) is 7.59. The van der Waals surface area contributed by atoms with Gasteiger partial charge < -0.3 is 10.2 Å². The molecule has 1 saturated carbocycles. The van der Waals surface area contributed by atoms with E-state index in [1.165, 1.54) is 35.2 Å². The number of aryl methyl sites for hydroxylation is 1. The van der Waals surface area contributed by atoms with Gasteiger partial charge in [0.1, 0.15) is 12.6 Å². The average molecular weight is 693 g/mol. The minimum Gasteiger partial charge on any atom is -0.352 e. The first-order chi connectivity index (χ1) is 22.6. The number of rotatable bonds is 12. The fourth-order valence-corrected chi connectivity index (χ4v) is 7.60. The number of nitrogens with zero attached hydrogens (tertiary/aromatic N) is 2. The maximum Gasteiger partial charge on any atom is 0.264 e. The van der Waals surface area contributed by atoms with Gasteiger partial charge in [-0.1, -0.05) is 121 Å². The Balaban J connectivity index is 1.56. The lowest BCUT2D eigenvalue weighted by atomic mass is 9.94. The highest BCUT2D eigenvalue weighted by Crippen LogP contribution is 2.31. The number of hydrogen-bond acceptors (Lipinski definition) is 4. The summed E-state index contributed by atoms with van der Waals surface area (Å²) >= 11 is 12.5. The van der Waals surface area contributed by atoms with Gasteiger partial charge in [-0.3, -0.25) is 13.9 Å². The number of anilines is 1. The molecule has 7 nitrogen and oxygen atoms in total. The Bertz CT molecular complexity index is 1760. The summed E-state index contributed by atoms with van der Waals surface area (Å²) < 4.78 is 29.3. The number of benzene rings is 4. The number of amides is 2. The van der Waals surface area contributed by atoms with Crippen molar-refractivity contribution in [1.82, 2.24) is 10.2 Å². The standard InChI is InChI=1S/C37H39Cl2N3O4S/c1-27-17-19-29(20-18-27)25-41(35(23-28-11-5-2-6-12-28)37(44)40-30-13-7-3-8-14-30)36(43)26-42(31-21-22-33(38)34(39)24-31)47(45,46)32-15-9-4-10-16-32/h2,4-6,9-12,15-22,24,30,35H,3,7-8,13-14,23,25-26H2,1H3,(H,40,44)/t35-/m0/s1. The lowest BCUT2D eigenvalue weighted by molar-refractivity contribution is -0.140. The van der Waals surface area contributed by atoms with Crippen LogP contribution in [0.2, 0.25) is 10.0 Å². The van der Waals surface area contributed by atoms with Gasteiger partial charge in [0.2, 0.25) is 11.8 Å². The fraction of sp³-hybridized carbons (Fsp3) is 0.297. The van der Waals surface area contributed by atoms with Crippen molar-refractivity contribution in [2.45, 2.75) is 69.0 Å². The van der Waals surface area contributed by atoms with E-state index in [0.717, 1.165) is 53.1 Å². The van der Waals surface area contributed by atoms with Gasteiger partial charge in [0.05, 0.1) is 20.6 Å². The summed E-state index contributed by atoms with van der Waals surface area (Å²) in [5.74, 6) is -0.788. The van der Waals surface area contributed by atoms with E-state index in [0.29, 0.717) is 0 Å². The third-order valence-corrected chi connectivity index (χ3v) is 11.0. The van der Waals surface area contributed by atoms with Crippen molar-refractivity contribution in [2.24, 2.45) is 0 Å². The summed E-state index contributed by atoms with van der Waals surface area (Å²) in [5, 5.41) is 3.63. The van der Waals surface area contributed by atoms with E-state index in [4.69, 9.17) is 23.2 Å². The van der Waals surface area contributed by atoms with Crippen molar-refractivity contribution in [1.29, 1.82) is 0 Å². The van der Waals surface area contributed by atoms with Crippen LogP contribution in [0.1, 0.15) is 48.8 Å². The van der Waals surface area contributed by atoms with E-state index in [1.54, 1.807) is 18.2 Å². The van der Waals surface area contributed by atoms with Gasteiger partial charge in [-0.05, 0) is 61.2 Å². The van der Waals surface area contributed by atoms with Gasteiger partial charge in [0.15, 0.2) is 0 Å². The highest BCUT2D eigenvalue weighted by Gasteiger charge is 2.35. The second-order valence-electron chi connectivity index (χ2n) is 12.0. The molecule has 246 valence electrons. The summed E-state index contributed by atoms with van der Waals surface area (Å²) in [6.45, 7) is 1.52. The number of carbonyl (C=O) groups is 2. The van der Waals surface area contributed by atoms with Crippen molar-refractivity contribution < 1.29 is 18.0 Å². The molecule has 1 atom stereocenters. The normalized spacial score (nSPS) is 14.3. The van der Waals surface area contributed by atoms with Crippen LogP contribution in [0, 0.1) is 6.92 Å². The number of sulfonamides is 1. The highest BCUT2D eigenvalue weighted by molar-refractivity contribution is 7.92. The monoisotopic (exact) mass is 691 g/mol. The summed E-state index contributed by atoms with van der Waals surface area (Å²) in [5.41, 5.74) is 2.94. The van der Waals surface area contributed by atoms with Crippen LogP contribution >= 0.6 is 23.2 Å². The molecule has 0 radical (unpaired) electrons. The Labute approximate surface area is 287 Å². The van der Waals surface area contributed by atoms with Crippen LogP contribution < -0.4 is 9.62 Å². The zero-order valence-electron chi connectivity index (χ0n) is 26.3. The van der Waals surface area contributed by atoms with E-state index in [2.05, 4.69) is 5.32 Å². The molecular formula is C37H39Cl2N3O4S. The topological polar surface area (TPSA) is 86.8 Å². The van der Waals surface area contributed by atoms with Gasteiger partial charge >= 0.3 is 0 Å². The fourth-order valence-electron chi connectivity index (χ4n) is 5.88. The average Bonchev–Trinajstić information content (AvgIpc) is 3.08. The predicted molar refractivity (Wildman–Crippen MR) is 188 cm³/mol. The maximum absolute atomic E-state index is 14.6. The molecule has 0 bridgehead atoms. The summed E-state index contributed by atoms with van der Waals surface area (Å²) in [6.07, 6.45) is 5.24. The van der Waals surface area contributed by atoms with Gasteiger partial charge in [0, 0.05) is 19.0 Å². The molecule has 0 heterocycles. The first-order valence-electron chi connectivity index (χ1n) is 15.8. The number of carbonyl (C=O) groups excluding carboxylic acids is 2. The Morgan fingerprint density at radius 3 is 2.09 bits per heavy atom.